The lowest BCUT2D eigenvalue weighted by molar-refractivity contribution is -0.144. The van der Waals surface area contributed by atoms with Gasteiger partial charge in [0.15, 0.2) is 5.60 Å². The van der Waals surface area contributed by atoms with E-state index in [0.717, 1.165) is 25.7 Å². The highest BCUT2D eigenvalue weighted by Crippen LogP contribution is 2.38. The van der Waals surface area contributed by atoms with E-state index in [9.17, 15) is 9.90 Å². The summed E-state index contributed by atoms with van der Waals surface area (Å²) in [5, 5.41) is 10.8. The average Bonchev–Trinajstić information content (AvgIpc) is 2.67. The topological polar surface area (TPSA) is 63.3 Å². The Bertz CT molecular complexity index is 396. The summed E-state index contributed by atoms with van der Waals surface area (Å²) in [6.07, 6.45) is 6.23. The average molecular weight is 247 g/mol. The van der Waals surface area contributed by atoms with E-state index < -0.39 is 11.5 Å². The Balaban J connectivity index is 2.34. The first-order valence-electron chi connectivity index (χ1n) is 6.73. The van der Waals surface area contributed by atoms with Crippen LogP contribution in [-0.4, -0.2) is 11.0 Å². The van der Waals surface area contributed by atoms with Crippen molar-refractivity contribution in [2.45, 2.75) is 44.1 Å². The molecule has 2 rings (SSSR count). The normalized spacial score (nSPS) is 20.9. The molecule has 0 heterocycles. The van der Waals surface area contributed by atoms with E-state index in [1.807, 2.05) is 18.2 Å². The number of hydrogen-bond acceptors (Lipinski definition) is 2. The molecule has 0 spiro atoms. The van der Waals surface area contributed by atoms with Crippen molar-refractivity contribution in [3.8, 4) is 0 Å². The van der Waals surface area contributed by atoms with Crippen LogP contribution < -0.4 is 5.73 Å². The lowest BCUT2D eigenvalue weighted by Crippen LogP contribution is -2.47. The van der Waals surface area contributed by atoms with E-state index in [-0.39, 0.29) is 5.92 Å². The highest BCUT2D eigenvalue weighted by atomic mass is 16.3. The molecule has 0 saturated heterocycles. The second-order valence-corrected chi connectivity index (χ2v) is 5.19. The van der Waals surface area contributed by atoms with Crippen molar-refractivity contribution < 1.29 is 9.90 Å². The van der Waals surface area contributed by atoms with Crippen molar-refractivity contribution in [3.05, 3.63) is 35.9 Å². The lowest BCUT2D eigenvalue weighted by Gasteiger charge is -2.33. The van der Waals surface area contributed by atoms with Gasteiger partial charge in [0.25, 0.3) is 5.91 Å². The summed E-state index contributed by atoms with van der Waals surface area (Å²) in [5.41, 5.74) is 4.62. The number of nitrogens with two attached hydrogens (primary N) is 1. The van der Waals surface area contributed by atoms with Crippen LogP contribution in [0.15, 0.2) is 30.3 Å². The fourth-order valence-corrected chi connectivity index (χ4v) is 2.97. The molecule has 3 nitrogen and oxygen atoms in total. The van der Waals surface area contributed by atoms with Gasteiger partial charge < -0.3 is 10.8 Å². The van der Waals surface area contributed by atoms with Crippen molar-refractivity contribution in [2.24, 2.45) is 11.7 Å². The molecule has 1 aromatic rings. The molecule has 1 atom stereocenters. The van der Waals surface area contributed by atoms with Crippen LogP contribution in [0.4, 0.5) is 0 Å². The lowest BCUT2D eigenvalue weighted by atomic mass is 9.76. The summed E-state index contributed by atoms with van der Waals surface area (Å²) in [6, 6.07) is 9.11. The molecule has 1 aliphatic rings. The number of rotatable bonds is 3. The number of primary amides is 1. The SMILES string of the molecule is NC(=O)C(O)(c1ccccc1)C1CCCCCC1. The van der Waals surface area contributed by atoms with Crippen LogP contribution in [0, 0.1) is 5.92 Å². The molecule has 18 heavy (non-hydrogen) atoms. The quantitative estimate of drug-likeness (QED) is 0.805. The van der Waals surface area contributed by atoms with Gasteiger partial charge in [0, 0.05) is 5.92 Å². The maximum Gasteiger partial charge on any atom is 0.254 e. The predicted molar refractivity (Wildman–Crippen MR) is 70.7 cm³/mol. The molecule has 1 amide bonds. The third kappa shape index (κ3) is 2.41. The van der Waals surface area contributed by atoms with Crippen LogP contribution in [0.25, 0.3) is 0 Å². The highest BCUT2D eigenvalue weighted by molar-refractivity contribution is 5.85. The Morgan fingerprint density at radius 1 is 1.11 bits per heavy atom. The van der Waals surface area contributed by atoms with Gasteiger partial charge in [0.05, 0.1) is 0 Å². The first kappa shape index (κ1) is 13.1. The van der Waals surface area contributed by atoms with Crippen LogP contribution >= 0.6 is 0 Å². The highest BCUT2D eigenvalue weighted by Gasteiger charge is 2.43. The zero-order valence-corrected chi connectivity index (χ0v) is 10.6. The number of carbonyl (C=O) groups excluding carboxylic acids is 1. The zero-order chi connectivity index (χ0) is 13.0. The van der Waals surface area contributed by atoms with Crippen LogP contribution in [0.5, 0.6) is 0 Å². The molecule has 0 aliphatic heterocycles. The van der Waals surface area contributed by atoms with Crippen LogP contribution in [0.3, 0.4) is 0 Å². The molecule has 3 N–H and O–H groups in total. The van der Waals surface area contributed by atoms with Crippen LogP contribution in [0.1, 0.15) is 44.1 Å². The Labute approximate surface area is 108 Å². The maximum absolute atomic E-state index is 11.8. The molecule has 98 valence electrons. The van der Waals surface area contributed by atoms with Gasteiger partial charge >= 0.3 is 0 Å². The molecule has 0 radical (unpaired) electrons. The molecule has 1 aromatic carbocycles. The Hall–Kier alpha value is -1.35. The minimum Gasteiger partial charge on any atom is -0.375 e. The first-order chi connectivity index (χ1) is 8.65. The third-order valence-corrected chi connectivity index (χ3v) is 4.04. The minimum absolute atomic E-state index is 0.0556. The summed E-state index contributed by atoms with van der Waals surface area (Å²) >= 11 is 0. The fraction of sp³-hybridized carbons (Fsp3) is 0.533. The molecule has 1 unspecified atom stereocenters. The molecular formula is C15H21NO2. The standard InChI is InChI=1S/C15H21NO2/c16-14(17)15(18,13-10-6-3-7-11-13)12-8-4-1-2-5-9-12/h3,6-7,10-12,18H,1-2,4-5,8-9H2,(H2,16,17). The third-order valence-electron chi connectivity index (χ3n) is 4.04. The molecule has 1 saturated carbocycles. The molecule has 0 bridgehead atoms. The van der Waals surface area contributed by atoms with E-state index in [1.165, 1.54) is 12.8 Å². The number of amides is 1. The van der Waals surface area contributed by atoms with Gasteiger partial charge in [0.2, 0.25) is 0 Å². The minimum atomic E-state index is -1.51. The van der Waals surface area contributed by atoms with Crippen LogP contribution in [-0.2, 0) is 10.4 Å². The number of carbonyl (C=O) groups is 1. The summed E-state index contributed by atoms with van der Waals surface area (Å²) in [5.74, 6) is -0.680. The molecule has 1 fully saturated rings. The molecular weight excluding hydrogens is 226 g/mol. The van der Waals surface area contributed by atoms with E-state index >= 15 is 0 Å². The number of aliphatic hydroxyl groups is 1. The number of benzene rings is 1. The number of hydrogen-bond donors (Lipinski definition) is 2. The van der Waals surface area contributed by atoms with Crippen molar-refractivity contribution in [1.29, 1.82) is 0 Å². The summed E-state index contributed by atoms with van der Waals surface area (Å²) in [4.78, 5) is 11.8. The first-order valence-corrected chi connectivity index (χ1v) is 6.73. The van der Waals surface area contributed by atoms with E-state index in [4.69, 9.17) is 5.73 Å². The smallest absolute Gasteiger partial charge is 0.254 e. The monoisotopic (exact) mass is 247 g/mol. The van der Waals surface area contributed by atoms with Gasteiger partial charge in [-0.3, -0.25) is 4.79 Å². The van der Waals surface area contributed by atoms with Crippen molar-refractivity contribution in [1.82, 2.24) is 0 Å². The van der Waals surface area contributed by atoms with Gasteiger partial charge in [0.1, 0.15) is 0 Å². The molecule has 1 aliphatic carbocycles. The second kappa shape index (κ2) is 5.53. The Morgan fingerprint density at radius 2 is 1.67 bits per heavy atom. The fourth-order valence-electron chi connectivity index (χ4n) is 2.97. The van der Waals surface area contributed by atoms with E-state index in [1.54, 1.807) is 12.1 Å². The Morgan fingerprint density at radius 3 is 2.17 bits per heavy atom. The van der Waals surface area contributed by atoms with E-state index in [0.29, 0.717) is 5.56 Å². The summed E-state index contributed by atoms with van der Waals surface area (Å²) in [6.45, 7) is 0. The molecule has 0 aromatic heterocycles. The van der Waals surface area contributed by atoms with Gasteiger partial charge in [-0.15, -0.1) is 0 Å². The molecule has 3 heteroatoms. The Kier molecular flexibility index (Phi) is 4.02. The van der Waals surface area contributed by atoms with Crippen molar-refractivity contribution in [3.63, 3.8) is 0 Å². The van der Waals surface area contributed by atoms with Crippen molar-refractivity contribution in [2.75, 3.05) is 0 Å². The largest absolute Gasteiger partial charge is 0.375 e. The predicted octanol–water partition coefficient (Wildman–Crippen LogP) is 2.33. The van der Waals surface area contributed by atoms with Crippen molar-refractivity contribution >= 4 is 5.91 Å². The van der Waals surface area contributed by atoms with E-state index in [2.05, 4.69) is 0 Å². The van der Waals surface area contributed by atoms with Gasteiger partial charge in [-0.25, -0.2) is 0 Å². The second-order valence-electron chi connectivity index (χ2n) is 5.19. The summed E-state index contributed by atoms with van der Waals surface area (Å²) in [7, 11) is 0. The van der Waals surface area contributed by atoms with Gasteiger partial charge in [-0.2, -0.15) is 0 Å². The maximum atomic E-state index is 11.8. The van der Waals surface area contributed by atoms with Gasteiger partial charge in [-0.05, 0) is 18.4 Å². The summed E-state index contributed by atoms with van der Waals surface area (Å²) < 4.78 is 0. The van der Waals surface area contributed by atoms with Crippen LogP contribution in [0.2, 0.25) is 0 Å². The zero-order valence-electron chi connectivity index (χ0n) is 10.6. The van der Waals surface area contributed by atoms with Gasteiger partial charge in [-0.1, -0.05) is 56.0 Å².